The zero-order chi connectivity index (χ0) is 17.6. The first-order chi connectivity index (χ1) is 12.1. The van der Waals surface area contributed by atoms with Crippen molar-refractivity contribution in [3.8, 4) is 0 Å². The van der Waals surface area contributed by atoms with Crippen LogP contribution in [0.15, 0.2) is 72.8 Å². The fourth-order valence-corrected chi connectivity index (χ4v) is 3.05. The highest BCUT2D eigenvalue weighted by molar-refractivity contribution is 5.17. The molecule has 1 aliphatic rings. The highest BCUT2D eigenvalue weighted by atomic mass is 16.5. The first-order valence-electron chi connectivity index (χ1n) is 8.50. The Morgan fingerprint density at radius 3 is 1.88 bits per heavy atom. The van der Waals surface area contributed by atoms with Crippen molar-refractivity contribution in [3.05, 3.63) is 83.9 Å². The Morgan fingerprint density at radius 1 is 0.800 bits per heavy atom. The molecule has 2 N–H and O–H groups in total. The van der Waals surface area contributed by atoms with Gasteiger partial charge in [-0.3, -0.25) is 0 Å². The van der Waals surface area contributed by atoms with Crippen LogP contribution in [0.2, 0.25) is 0 Å². The minimum absolute atomic E-state index is 0.365. The average Bonchev–Trinajstić information content (AvgIpc) is 2.65. The molecule has 3 rings (SSSR count). The maximum absolute atomic E-state index is 10.4. The third-order valence-corrected chi connectivity index (χ3v) is 4.49. The van der Waals surface area contributed by atoms with E-state index in [2.05, 4.69) is 6.58 Å². The molecule has 0 heterocycles. The van der Waals surface area contributed by atoms with E-state index in [-0.39, 0.29) is 0 Å². The topological polar surface area (TPSA) is 58.9 Å². The van der Waals surface area contributed by atoms with Crippen molar-refractivity contribution in [1.82, 2.24) is 0 Å². The van der Waals surface area contributed by atoms with Gasteiger partial charge in [0.15, 0.2) is 0 Å². The van der Waals surface area contributed by atoms with E-state index in [4.69, 9.17) is 9.47 Å². The molecule has 0 aromatic heterocycles. The first-order valence-corrected chi connectivity index (χ1v) is 8.50. The van der Waals surface area contributed by atoms with Crippen LogP contribution in [-0.2, 0) is 22.7 Å². The molecule has 0 aliphatic heterocycles. The minimum Gasteiger partial charge on any atom is -0.388 e. The number of aliphatic hydroxyl groups excluding tert-OH is 2. The molecule has 2 aromatic rings. The Labute approximate surface area is 148 Å². The van der Waals surface area contributed by atoms with Crippen LogP contribution in [0.3, 0.4) is 0 Å². The molecule has 132 valence electrons. The van der Waals surface area contributed by atoms with Crippen molar-refractivity contribution in [2.45, 2.75) is 44.1 Å². The lowest BCUT2D eigenvalue weighted by Gasteiger charge is -2.38. The highest BCUT2D eigenvalue weighted by Gasteiger charge is 2.40. The zero-order valence-corrected chi connectivity index (χ0v) is 14.1. The molecule has 0 spiro atoms. The van der Waals surface area contributed by atoms with Gasteiger partial charge in [-0.25, -0.2) is 0 Å². The van der Waals surface area contributed by atoms with Crippen molar-refractivity contribution in [2.75, 3.05) is 0 Å². The van der Waals surface area contributed by atoms with Gasteiger partial charge in [-0.1, -0.05) is 67.2 Å². The monoisotopic (exact) mass is 340 g/mol. The smallest absolute Gasteiger partial charge is 0.112 e. The fraction of sp³-hybridized carbons (Fsp3) is 0.333. The van der Waals surface area contributed by atoms with Crippen molar-refractivity contribution in [1.29, 1.82) is 0 Å². The van der Waals surface area contributed by atoms with Gasteiger partial charge in [-0.2, -0.15) is 0 Å². The Hall–Kier alpha value is -1.98. The molecule has 1 aliphatic carbocycles. The Morgan fingerprint density at radius 2 is 1.32 bits per heavy atom. The predicted molar refractivity (Wildman–Crippen MR) is 95.8 cm³/mol. The molecular weight excluding hydrogens is 316 g/mol. The summed E-state index contributed by atoms with van der Waals surface area (Å²) in [6.45, 7) is 4.77. The summed E-state index contributed by atoms with van der Waals surface area (Å²) in [6, 6.07) is 19.5. The van der Waals surface area contributed by atoms with Gasteiger partial charge in [-0.05, 0) is 23.1 Å². The van der Waals surface area contributed by atoms with Gasteiger partial charge in [0.05, 0.1) is 19.3 Å². The van der Waals surface area contributed by atoms with Crippen LogP contribution in [0.5, 0.6) is 0 Å². The number of hydrogen-bond donors (Lipinski definition) is 2. The standard InChI is InChI=1S/C21H24O4/c1-15-12-18(24-13-16-8-4-2-5-9-16)19(22)20(23)21(15)25-14-17-10-6-3-7-11-17/h2-11,18-23H,1,12-14H2/t18-,19-,20+,21-/m1/s1. The lowest BCUT2D eigenvalue weighted by Crippen LogP contribution is -2.51. The van der Waals surface area contributed by atoms with Crippen LogP contribution in [0.25, 0.3) is 0 Å². The summed E-state index contributed by atoms with van der Waals surface area (Å²) in [6.07, 6.45) is -2.67. The summed E-state index contributed by atoms with van der Waals surface area (Å²) >= 11 is 0. The SMILES string of the molecule is C=C1C[C@@H](OCc2ccccc2)[C@@H](O)[C@H](O)[C@@H]1OCc1ccccc1. The van der Waals surface area contributed by atoms with E-state index in [9.17, 15) is 10.2 Å². The molecule has 4 atom stereocenters. The second-order valence-electron chi connectivity index (χ2n) is 6.40. The molecule has 0 bridgehead atoms. The highest BCUT2D eigenvalue weighted by Crippen LogP contribution is 2.29. The van der Waals surface area contributed by atoms with Crippen LogP contribution in [0.4, 0.5) is 0 Å². The number of aliphatic hydroxyl groups is 2. The lowest BCUT2D eigenvalue weighted by molar-refractivity contribution is -0.153. The molecule has 1 saturated carbocycles. The summed E-state index contributed by atoms with van der Waals surface area (Å²) in [7, 11) is 0. The van der Waals surface area contributed by atoms with E-state index >= 15 is 0 Å². The Balaban J connectivity index is 1.56. The molecule has 1 fully saturated rings. The summed E-state index contributed by atoms with van der Waals surface area (Å²) in [5, 5.41) is 20.8. The van der Waals surface area contributed by atoms with Crippen molar-refractivity contribution >= 4 is 0 Å². The summed E-state index contributed by atoms with van der Waals surface area (Å²) in [5.41, 5.74) is 2.78. The molecule has 2 aromatic carbocycles. The van der Waals surface area contributed by atoms with E-state index in [0.717, 1.165) is 16.7 Å². The Kier molecular flexibility index (Phi) is 6.00. The van der Waals surface area contributed by atoms with Gasteiger partial charge in [0.25, 0.3) is 0 Å². The van der Waals surface area contributed by atoms with E-state index in [1.54, 1.807) is 0 Å². The third-order valence-electron chi connectivity index (χ3n) is 4.49. The molecular formula is C21H24O4. The number of benzene rings is 2. The number of ether oxygens (including phenoxy) is 2. The molecule has 0 radical (unpaired) electrons. The second kappa shape index (κ2) is 8.41. The average molecular weight is 340 g/mol. The summed E-state index contributed by atoms with van der Waals surface area (Å²) in [5.74, 6) is 0. The van der Waals surface area contributed by atoms with Crippen molar-refractivity contribution < 1.29 is 19.7 Å². The van der Waals surface area contributed by atoms with E-state index in [1.165, 1.54) is 0 Å². The van der Waals surface area contributed by atoms with Crippen LogP contribution in [-0.4, -0.2) is 34.6 Å². The molecule has 0 unspecified atom stereocenters. The van der Waals surface area contributed by atoms with Gasteiger partial charge in [0.1, 0.15) is 18.3 Å². The quantitative estimate of drug-likeness (QED) is 0.794. The summed E-state index contributed by atoms with van der Waals surface area (Å²) < 4.78 is 11.6. The van der Waals surface area contributed by atoms with E-state index in [0.29, 0.717) is 19.6 Å². The lowest BCUT2D eigenvalue weighted by atomic mass is 9.86. The normalized spacial score (nSPS) is 26.6. The van der Waals surface area contributed by atoms with Gasteiger partial charge >= 0.3 is 0 Å². The zero-order valence-electron chi connectivity index (χ0n) is 14.1. The van der Waals surface area contributed by atoms with E-state index in [1.807, 2.05) is 60.7 Å². The maximum atomic E-state index is 10.4. The predicted octanol–water partition coefficient (Wildman–Crippen LogP) is 2.84. The maximum Gasteiger partial charge on any atom is 0.112 e. The number of rotatable bonds is 6. The molecule has 4 nitrogen and oxygen atoms in total. The molecule has 25 heavy (non-hydrogen) atoms. The third kappa shape index (κ3) is 4.55. The van der Waals surface area contributed by atoms with Crippen LogP contribution in [0, 0.1) is 0 Å². The largest absolute Gasteiger partial charge is 0.388 e. The van der Waals surface area contributed by atoms with Crippen molar-refractivity contribution in [2.24, 2.45) is 0 Å². The number of hydrogen-bond acceptors (Lipinski definition) is 4. The van der Waals surface area contributed by atoms with Crippen LogP contribution in [0.1, 0.15) is 17.5 Å². The fourth-order valence-electron chi connectivity index (χ4n) is 3.05. The molecule has 0 saturated heterocycles. The van der Waals surface area contributed by atoms with Gasteiger partial charge < -0.3 is 19.7 Å². The minimum atomic E-state index is -1.05. The molecule has 0 amide bonds. The van der Waals surface area contributed by atoms with Gasteiger partial charge in [-0.15, -0.1) is 0 Å². The molecule has 4 heteroatoms. The second-order valence-corrected chi connectivity index (χ2v) is 6.40. The van der Waals surface area contributed by atoms with Gasteiger partial charge in [0.2, 0.25) is 0 Å². The Bertz CT molecular complexity index is 671. The summed E-state index contributed by atoms with van der Waals surface area (Å²) in [4.78, 5) is 0. The first kappa shape index (κ1) is 17.8. The van der Waals surface area contributed by atoms with Crippen LogP contribution >= 0.6 is 0 Å². The van der Waals surface area contributed by atoms with Gasteiger partial charge in [0, 0.05) is 0 Å². The van der Waals surface area contributed by atoms with Crippen LogP contribution < -0.4 is 0 Å². The van der Waals surface area contributed by atoms with E-state index < -0.39 is 24.4 Å². The van der Waals surface area contributed by atoms with Crippen molar-refractivity contribution in [3.63, 3.8) is 0 Å².